The van der Waals surface area contributed by atoms with Crippen molar-refractivity contribution in [2.45, 2.75) is 6.42 Å². The molecule has 2 rings (SSSR count). The predicted octanol–water partition coefficient (Wildman–Crippen LogP) is 5.18. The van der Waals surface area contributed by atoms with E-state index < -0.39 is 0 Å². The molecule has 0 heterocycles. The Balaban J connectivity index is 2.25. The third kappa shape index (κ3) is 3.14. The highest BCUT2D eigenvalue weighted by Crippen LogP contribution is 2.26. The highest BCUT2D eigenvalue weighted by atomic mass is 79.9. The zero-order valence-corrected chi connectivity index (χ0v) is 12.4. The van der Waals surface area contributed by atoms with E-state index in [-0.39, 0.29) is 12.2 Å². The van der Waals surface area contributed by atoms with E-state index >= 15 is 0 Å². The number of hydrogen-bond donors (Lipinski definition) is 0. The average molecular weight is 344 g/mol. The molecule has 2 aromatic carbocycles. The number of carbonyl (C=O) groups excluding carboxylic acids is 1. The summed E-state index contributed by atoms with van der Waals surface area (Å²) in [6, 6.07) is 12.7. The maximum atomic E-state index is 12.2. The van der Waals surface area contributed by atoms with Crippen LogP contribution in [0.5, 0.6) is 0 Å². The summed E-state index contributed by atoms with van der Waals surface area (Å²) >= 11 is 15.4. The van der Waals surface area contributed by atoms with Crippen molar-refractivity contribution in [1.82, 2.24) is 0 Å². The van der Waals surface area contributed by atoms with Crippen molar-refractivity contribution in [2.75, 3.05) is 0 Å². The number of Topliss-reactive ketones (excluding diaryl/α,β-unsaturated/α-hetero) is 1. The minimum atomic E-state index is -0.0760. The van der Waals surface area contributed by atoms with Crippen molar-refractivity contribution in [2.24, 2.45) is 0 Å². The monoisotopic (exact) mass is 342 g/mol. The molecule has 0 N–H and O–H groups in total. The molecule has 2 aromatic rings. The summed E-state index contributed by atoms with van der Waals surface area (Å²) in [7, 11) is 0. The molecule has 92 valence electrons. The van der Waals surface area contributed by atoms with Crippen LogP contribution in [-0.2, 0) is 6.42 Å². The SMILES string of the molecule is O=C(Cc1ccc(Br)cc1)c1c(Cl)cccc1Cl. The van der Waals surface area contributed by atoms with Crippen LogP contribution in [0, 0.1) is 0 Å². The second-order valence-corrected chi connectivity index (χ2v) is 5.55. The lowest BCUT2D eigenvalue weighted by atomic mass is 10.0. The molecule has 0 saturated carbocycles. The molecule has 0 aliphatic heterocycles. The Morgan fingerprint density at radius 3 is 2.11 bits per heavy atom. The summed E-state index contributed by atoms with van der Waals surface area (Å²) in [5.74, 6) is -0.0760. The third-order valence-electron chi connectivity index (χ3n) is 2.52. The quantitative estimate of drug-likeness (QED) is 0.701. The Morgan fingerprint density at radius 1 is 1.00 bits per heavy atom. The lowest BCUT2D eigenvalue weighted by Crippen LogP contribution is -2.05. The summed E-state index contributed by atoms with van der Waals surface area (Å²) < 4.78 is 0.981. The Bertz CT molecular complexity index is 559. The van der Waals surface area contributed by atoms with Gasteiger partial charge in [0.15, 0.2) is 5.78 Å². The second kappa shape index (κ2) is 5.87. The van der Waals surface area contributed by atoms with Gasteiger partial charge in [-0.3, -0.25) is 4.79 Å². The van der Waals surface area contributed by atoms with E-state index in [4.69, 9.17) is 23.2 Å². The average Bonchev–Trinajstić information content (AvgIpc) is 2.32. The number of benzene rings is 2. The first-order chi connectivity index (χ1) is 8.58. The van der Waals surface area contributed by atoms with Crippen LogP contribution in [0.4, 0.5) is 0 Å². The standard InChI is InChI=1S/C14H9BrCl2O/c15-10-6-4-9(5-7-10)8-13(18)14-11(16)2-1-3-12(14)17/h1-7H,8H2. The lowest BCUT2D eigenvalue weighted by Gasteiger charge is -2.06. The highest BCUT2D eigenvalue weighted by Gasteiger charge is 2.14. The molecule has 0 bridgehead atoms. The van der Waals surface area contributed by atoms with Crippen LogP contribution in [-0.4, -0.2) is 5.78 Å². The maximum Gasteiger partial charge on any atom is 0.170 e. The van der Waals surface area contributed by atoms with E-state index in [1.54, 1.807) is 18.2 Å². The summed E-state index contributed by atoms with van der Waals surface area (Å²) in [5.41, 5.74) is 1.32. The number of hydrogen-bond acceptors (Lipinski definition) is 1. The molecule has 0 radical (unpaired) electrons. The van der Waals surface area contributed by atoms with Gasteiger partial charge < -0.3 is 0 Å². The number of ketones is 1. The van der Waals surface area contributed by atoms with Gasteiger partial charge in [0.05, 0.1) is 15.6 Å². The first kappa shape index (κ1) is 13.6. The summed E-state index contributed by atoms with van der Waals surface area (Å²) in [5, 5.41) is 0.786. The zero-order chi connectivity index (χ0) is 13.1. The van der Waals surface area contributed by atoms with Crippen LogP contribution in [0.25, 0.3) is 0 Å². The normalized spacial score (nSPS) is 10.4. The van der Waals surface area contributed by atoms with Gasteiger partial charge in [-0.05, 0) is 29.8 Å². The van der Waals surface area contributed by atoms with Crippen LogP contribution in [0.3, 0.4) is 0 Å². The van der Waals surface area contributed by atoms with Crippen molar-refractivity contribution in [3.63, 3.8) is 0 Å². The first-order valence-electron chi connectivity index (χ1n) is 5.29. The van der Waals surface area contributed by atoms with Crippen LogP contribution >= 0.6 is 39.1 Å². The molecular weight excluding hydrogens is 335 g/mol. The molecule has 4 heteroatoms. The van der Waals surface area contributed by atoms with Crippen molar-refractivity contribution < 1.29 is 4.79 Å². The van der Waals surface area contributed by atoms with Gasteiger partial charge >= 0.3 is 0 Å². The van der Waals surface area contributed by atoms with Crippen molar-refractivity contribution in [1.29, 1.82) is 0 Å². The molecule has 0 unspecified atom stereocenters. The van der Waals surface area contributed by atoms with Crippen molar-refractivity contribution in [3.05, 3.63) is 68.1 Å². The summed E-state index contributed by atoms with van der Waals surface area (Å²) in [6.07, 6.45) is 0.288. The van der Waals surface area contributed by atoms with Crippen LogP contribution in [0.1, 0.15) is 15.9 Å². The molecule has 0 aromatic heterocycles. The van der Waals surface area contributed by atoms with Gasteiger partial charge in [0, 0.05) is 10.9 Å². The summed E-state index contributed by atoms with van der Waals surface area (Å²) in [6.45, 7) is 0. The van der Waals surface area contributed by atoms with E-state index in [2.05, 4.69) is 15.9 Å². The molecule has 18 heavy (non-hydrogen) atoms. The molecule has 0 atom stereocenters. The Hall–Kier alpha value is -0.830. The molecule has 0 spiro atoms. The largest absolute Gasteiger partial charge is 0.294 e. The van der Waals surface area contributed by atoms with Gasteiger partial charge in [-0.25, -0.2) is 0 Å². The molecule has 0 saturated heterocycles. The van der Waals surface area contributed by atoms with E-state index in [0.717, 1.165) is 10.0 Å². The molecular formula is C14H9BrCl2O. The van der Waals surface area contributed by atoms with E-state index in [1.807, 2.05) is 24.3 Å². The van der Waals surface area contributed by atoms with Crippen LogP contribution in [0.2, 0.25) is 10.0 Å². The third-order valence-corrected chi connectivity index (χ3v) is 3.68. The topological polar surface area (TPSA) is 17.1 Å². The smallest absolute Gasteiger partial charge is 0.170 e. The van der Waals surface area contributed by atoms with Gasteiger partial charge in [-0.15, -0.1) is 0 Å². The molecule has 0 aliphatic rings. The summed E-state index contributed by atoms with van der Waals surface area (Å²) in [4.78, 5) is 12.2. The van der Waals surface area contributed by atoms with Gasteiger partial charge in [-0.2, -0.15) is 0 Å². The number of rotatable bonds is 3. The highest BCUT2D eigenvalue weighted by molar-refractivity contribution is 9.10. The van der Waals surface area contributed by atoms with Gasteiger partial charge in [-0.1, -0.05) is 57.3 Å². The van der Waals surface area contributed by atoms with Crippen molar-refractivity contribution in [3.8, 4) is 0 Å². The fourth-order valence-corrected chi connectivity index (χ4v) is 2.51. The minimum Gasteiger partial charge on any atom is -0.294 e. The lowest BCUT2D eigenvalue weighted by molar-refractivity contribution is 0.0993. The van der Waals surface area contributed by atoms with Gasteiger partial charge in [0.1, 0.15) is 0 Å². The second-order valence-electron chi connectivity index (χ2n) is 3.82. The van der Waals surface area contributed by atoms with Gasteiger partial charge in [0.25, 0.3) is 0 Å². The predicted molar refractivity (Wildman–Crippen MR) is 78.6 cm³/mol. The van der Waals surface area contributed by atoms with Crippen LogP contribution < -0.4 is 0 Å². The van der Waals surface area contributed by atoms with E-state index in [9.17, 15) is 4.79 Å². The van der Waals surface area contributed by atoms with Gasteiger partial charge in [0.2, 0.25) is 0 Å². The fraction of sp³-hybridized carbons (Fsp3) is 0.0714. The molecule has 1 nitrogen and oxygen atoms in total. The molecule has 0 aliphatic carbocycles. The number of carbonyl (C=O) groups is 1. The molecule has 0 amide bonds. The molecule has 0 fully saturated rings. The first-order valence-corrected chi connectivity index (χ1v) is 6.84. The minimum absolute atomic E-state index is 0.0760. The maximum absolute atomic E-state index is 12.2. The van der Waals surface area contributed by atoms with Crippen LogP contribution in [0.15, 0.2) is 46.9 Å². The fourth-order valence-electron chi connectivity index (χ4n) is 1.64. The van der Waals surface area contributed by atoms with E-state index in [0.29, 0.717) is 15.6 Å². The number of halogens is 3. The Kier molecular flexibility index (Phi) is 4.44. The Morgan fingerprint density at radius 2 is 1.56 bits per heavy atom. The zero-order valence-electron chi connectivity index (χ0n) is 9.29. The Labute approximate surface area is 124 Å². The van der Waals surface area contributed by atoms with E-state index in [1.165, 1.54) is 0 Å². The van der Waals surface area contributed by atoms with Crippen molar-refractivity contribution >= 4 is 44.9 Å².